The second-order valence-electron chi connectivity index (χ2n) is 25.8. The van der Waals surface area contributed by atoms with Crippen LogP contribution < -0.4 is 0 Å². The van der Waals surface area contributed by atoms with Gasteiger partial charge in [0.05, 0.1) is 26.4 Å². The second kappa shape index (κ2) is 75.9. The van der Waals surface area contributed by atoms with Crippen LogP contribution in [-0.4, -0.2) is 96.7 Å². The number of unbranched alkanes of at least 4 members (excludes halogenated alkanes) is 21. The second-order valence-corrected chi connectivity index (χ2v) is 28.7. The van der Waals surface area contributed by atoms with Gasteiger partial charge in [0.25, 0.3) is 0 Å². The lowest BCUT2D eigenvalue weighted by atomic mass is 10.1. The molecular formula is C85H140O17P2. The molecule has 104 heavy (non-hydrogen) atoms. The maximum absolute atomic E-state index is 13.1. The van der Waals surface area contributed by atoms with Gasteiger partial charge in [0.1, 0.15) is 19.3 Å². The minimum atomic E-state index is -5.00. The average Bonchev–Trinajstić information content (AvgIpc) is 0.937. The third-order valence-electron chi connectivity index (χ3n) is 16.0. The highest BCUT2D eigenvalue weighted by molar-refractivity contribution is 7.47. The molecule has 19 heteroatoms. The van der Waals surface area contributed by atoms with E-state index in [1.807, 2.05) is 0 Å². The van der Waals surface area contributed by atoms with Crippen LogP contribution in [0.1, 0.15) is 297 Å². The van der Waals surface area contributed by atoms with Gasteiger partial charge >= 0.3 is 39.5 Å². The number of phosphoric acid groups is 2. The van der Waals surface area contributed by atoms with Crippen LogP contribution in [0.5, 0.6) is 0 Å². The molecule has 0 radical (unpaired) electrons. The summed E-state index contributed by atoms with van der Waals surface area (Å²) in [7, 11) is -9.99. The Morgan fingerprint density at radius 1 is 0.269 bits per heavy atom. The van der Waals surface area contributed by atoms with Crippen molar-refractivity contribution < 1.29 is 80.2 Å². The minimum Gasteiger partial charge on any atom is -0.462 e. The van der Waals surface area contributed by atoms with Gasteiger partial charge < -0.3 is 33.8 Å². The van der Waals surface area contributed by atoms with E-state index < -0.39 is 97.5 Å². The molecule has 0 aromatic carbocycles. The summed E-state index contributed by atoms with van der Waals surface area (Å²) in [5.74, 6) is -2.26. The lowest BCUT2D eigenvalue weighted by molar-refractivity contribution is -0.161. The van der Waals surface area contributed by atoms with Gasteiger partial charge in [-0.3, -0.25) is 37.3 Å². The molecule has 0 aromatic rings. The number of aliphatic hydroxyl groups is 1. The van der Waals surface area contributed by atoms with Crippen molar-refractivity contribution in [3.63, 3.8) is 0 Å². The van der Waals surface area contributed by atoms with Gasteiger partial charge in [0.15, 0.2) is 12.2 Å². The summed E-state index contributed by atoms with van der Waals surface area (Å²) in [6.45, 7) is 4.35. The zero-order valence-electron chi connectivity index (χ0n) is 64.6. The Bertz CT molecular complexity index is 2590. The van der Waals surface area contributed by atoms with E-state index in [0.29, 0.717) is 25.7 Å². The average molecular weight is 1500 g/mol. The van der Waals surface area contributed by atoms with Crippen LogP contribution in [0.25, 0.3) is 0 Å². The maximum Gasteiger partial charge on any atom is 0.472 e. The van der Waals surface area contributed by atoms with Gasteiger partial charge in [-0.1, -0.05) is 269 Å². The van der Waals surface area contributed by atoms with Gasteiger partial charge in [-0.15, -0.1) is 0 Å². The van der Waals surface area contributed by atoms with E-state index in [1.54, 1.807) is 0 Å². The Kier molecular flexibility index (Phi) is 72.0. The molecule has 0 aromatic heterocycles. The summed E-state index contributed by atoms with van der Waals surface area (Å²) in [5, 5.41) is 10.6. The third-order valence-corrected chi connectivity index (χ3v) is 17.9. The molecule has 17 nitrogen and oxygen atoms in total. The van der Waals surface area contributed by atoms with Crippen molar-refractivity contribution in [1.29, 1.82) is 0 Å². The topological polar surface area (TPSA) is 237 Å². The van der Waals surface area contributed by atoms with Crippen LogP contribution in [0, 0.1) is 0 Å². The Labute approximate surface area is 629 Å². The Balaban J connectivity index is 5.43. The van der Waals surface area contributed by atoms with E-state index in [9.17, 15) is 43.2 Å². The summed E-state index contributed by atoms with van der Waals surface area (Å²) in [5.41, 5.74) is 0. The number of rotatable bonds is 73. The Hall–Kier alpha value is -5.32. The van der Waals surface area contributed by atoms with E-state index in [0.717, 1.165) is 218 Å². The minimum absolute atomic E-state index is 0.0645. The fourth-order valence-corrected chi connectivity index (χ4v) is 11.7. The lowest BCUT2D eigenvalue weighted by Crippen LogP contribution is -2.30. The molecule has 0 rings (SSSR count). The highest BCUT2D eigenvalue weighted by Crippen LogP contribution is 2.45. The Morgan fingerprint density at radius 2 is 0.471 bits per heavy atom. The number of aliphatic hydroxyl groups excluding tert-OH is 1. The van der Waals surface area contributed by atoms with Crippen molar-refractivity contribution in [1.82, 2.24) is 0 Å². The molecule has 5 unspecified atom stereocenters. The molecular weight excluding hydrogens is 1350 g/mol. The Morgan fingerprint density at radius 3 is 0.721 bits per heavy atom. The number of ether oxygens (including phenoxy) is 4. The zero-order chi connectivity index (χ0) is 76.0. The van der Waals surface area contributed by atoms with Gasteiger partial charge in [-0.25, -0.2) is 9.13 Å². The SMILES string of the molecule is CC/C=C\C/C=C\C/C=C\C/C=C\CCCCCCC(=O)OCC(COP(=O)(O)OCC(O)COP(=O)(O)OCC(COC(=O)CCCCCCCCC/C=C\C/C=C\C/C=C\CC)OC(=O)CCCCCCC/C=C\C/C=C\C/C=C\CC)OC(=O)CCCCCCC/C=C\C/C=C\C/C=C\CC. The number of hydrogen-bond donors (Lipinski definition) is 3. The standard InChI is InChI=1S/C85H140O17P2/c1-5-9-13-17-21-25-29-33-37-39-43-45-49-53-57-61-65-69-82(87)95-75-80(101-84(89)71-67-63-59-55-51-47-41-35-31-27-23-19-15-11-7-3)77-99-103(91,92)97-73-79(86)74-98-104(93,94)100-78-81(102-85(90)72-68-64-60-56-52-48-42-36-32-28-24-20-16-12-8-4)76-96-83(88)70-66-62-58-54-50-46-44-40-38-34-30-26-22-18-14-10-6-2/h9-16,21-28,33-38,41-43,45,79-81,86H,5-8,17-20,29-32,39-40,44,46-78H2,1-4H3,(H,91,92)(H,93,94)/b13-9-,14-10-,15-11-,16-12-,25-21-,26-22-,27-23-,28-24-,37-33-,38-34-,41-35-,42-36-,45-43-. The van der Waals surface area contributed by atoms with E-state index >= 15 is 0 Å². The predicted molar refractivity (Wildman–Crippen MR) is 427 cm³/mol. The molecule has 0 aliphatic rings. The molecule has 0 heterocycles. The lowest BCUT2D eigenvalue weighted by Gasteiger charge is -2.21. The highest BCUT2D eigenvalue weighted by Gasteiger charge is 2.30. The molecule has 0 saturated carbocycles. The van der Waals surface area contributed by atoms with Crippen LogP contribution in [0.4, 0.5) is 0 Å². The molecule has 5 atom stereocenters. The molecule has 0 spiro atoms. The fourth-order valence-electron chi connectivity index (χ4n) is 10.1. The van der Waals surface area contributed by atoms with Crippen molar-refractivity contribution in [2.24, 2.45) is 0 Å². The van der Waals surface area contributed by atoms with E-state index in [1.165, 1.54) is 0 Å². The molecule has 0 aliphatic carbocycles. The van der Waals surface area contributed by atoms with Crippen molar-refractivity contribution >= 4 is 39.5 Å². The molecule has 0 fully saturated rings. The van der Waals surface area contributed by atoms with Gasteiger partial charge in [0.2, 0.25) is 0 Å². The monoisotopic (exact) mass is 1490 g/mol. The fraction of sp³-hybridized carbons (Fsp3) is 0.647. The summed E-state index contributed by atoms with van der Waals surface area (Å²) in [6.07, 6.45) is 87.9. The molecule has 0 saturated heterocycles. The van der Waals surface area contributed by atoms with Crippen LogP contribution in [0.15, 0.2) is 158 Å². The quantitative estimate of drug-likeness (QED) is 0.0169. The summed E-state index contributed by atoms with van der Waals surface area (Å²) >= 11 is 0. The van der Waals surface area contributed by atoms with E-state index in [4.69, 9.17) is 37.0 Å². The van der Waals surface area contributed by atoms with E-state index in [-0.39, 0.29) is 25.7 Å². The number of phosphoric ester groups is 2. The molecule has 0 aliphatic heterocycles. The summed E-state index contributed by atoms with van der Waals surface area (Å²) in [4.78, 5) is 73.1. The van der Waals surface area contributed by atoms with Crippen LogP contribution in [0.2, 0.25) is 0 Å². The van der Waals surface area contributed by atoms with E-state index in [2.05, 4.69) is 186 Å². The van der Waals surface area contributed by atoms with Crippen molar-refractivity contribution in [2.75, 3.05) is 39.6 Å². The molecule has 0 amide bonds. The maximum atomic E-state index is 13.1. The van der Waals surface area contributed by atoms with Crippen LogP contribution in [-0.2, 0) is 65.4 Å². The smallest absolute Gasteiger partial charge is 0.462 e. The normalized spacial score (nSPS) is 14.7. The van der Waals surface area contributed by atoms with Gasteiger partial charge in [0, 0.05) is 25.7 Å². The molecule has 592 valence electrons. The number of carbonyl (C=O) groups excluding carboxylic acids is 4. The molecule has 0 bridgehead atoms. The first-order chi connectivity index (χ1) is 50.7. The number of allylic oxidation sites excluding steroid dienone is 26. The van der Waals surface area contributed by atoms with Crippen molar-refractivity contribution in [3.8, 4) is 0 Å². The first kappa shape index (κ1) is 98.7. The molecule has 3 N–H and O–H groups in total. The predicted octanol–water partition coefficient (Wildman–Crippen LogP) is 23.2. The number of carbonyl (C=O) groups is 4. The van der Waals surface area contributed by atoms with Gasteiger partial charge in [-0.05, 0) is 161 Å². The van der Waals surface area contributed by atoms with Gasteiger partial charge in [-0.2, -0.15) is 0 Å². The first-order valence-corrected chi connectivity index (χ1v) is 42.7. The highest BCUT2D eigenvalue weighted by atomic mass is 31.2. The number of hydrogen-bond acceptors (Lipinski definition) is 15. The largest absolute Gasteiger partial charge is 0.472 e. The summed E-state index contributed by atoms with van der Waals surface area (Å²) in [6, 6.07) is 0. The first-order valence-electron chi connectivity index (χ1n) is 39.7. The van der Waals surface area contributed by atoms with Crippen LogP contribution >= 0.6 is 15.6 Å². The number of esters is 4. The third kappa shape index (κ3) is 74.9. The van der Waals surface area contributed by atoms with Crippen molar-refractivity contribution in [3.05, 3.63) is 158 Å². The zero-order valence-corrected chi connectivity index (χ0v) is 66.4. The summed E-state index contributed by atoms with van der Waals surface area (Å²) < 4.78 is 68.6. The van der Waals surface area contributed by atoms with Crippen LogP contribution in [0.3, 0.4) is 0 Å². The van der Waals surface area contributed by atoms with Crippen molar-refractivity contribution in [2.45, 2.75) is 316 Å².